The summed E-state index contributed by atoms with van der Waals surface area (Å²) in [7, 11) is 0. The number of halogens is 3. The van der Waals surface area contributed by atoms with Gasteiger partial charge in [0.05, 0.1) is 17.8 Å². The average Bonchev–Trinajstić information content (AvgIpc) is 2.12. The van der Waals surface area contributed by atoms with E-state index >= 15 is 0 Å². The first-order chi connectivity index (χ1) is 6.24. The minimum atomic E-state index is -0.418. The number of ether oxygens (including phenoxy) is 1. The summed E-state index contributed by atoms with van der Waals surface area (Å²) in [6, 6.07) is 4.45. The van der Waals surface area contributed by atoms with Crippen molar-refractivity contribution in [3.63, 3.8) is 0 Å². The first kappa shape index (κ1) is 10.4. The summed E-state index contributed by atoms with van der Waals surface area (Å²) in [5.41, 5.74) is 0. The molecule has 0 N–H and O–H groups in total. The molecule has 0 aliphatic rings. The van der Waals surface area contributed by atoms with E-state index in [1.165, 1.54) is 6.07 Å². The van der Waals surface area contributed by atoms with E-state index in [0.717, 1.165) is 0 Å². The smallest absolute Gasteiger partial charge is 0.141 e. The van der Waals surface area contributed by atoms with E-state index in [4.69, 9.17) is 4.74 Å². The van der Waals surface area contributed by atoms with Gasteiger partial charge in [-0.1, -0.05) is 0 Å². The molecule has 1 aromatic rings. The van der Waals surface area contributed by atoms with E-state index in [0.29, 0.717) is 16.6 Å². The highest BCUT2D eigenvalue weighted by Crippen LogP contribution is 2.20. The van der Waals surface area contributed by atoms with Gasteiger partial charge in [0.1, 0.15) is 11.6 Å². The van der Waals surface area contributed by atoms with Crippen LogP contribution in [0.4, 0.5) is 8.78 Å². The molecule has 0 heterocycles. The van der Waals surface area contributed by atoms with Crippen molar-refractivity contribution in [1.29, 1.82) is 0 Å². The Kier molecular flexibility index (Phi) is 4.15. The molecule has 0 radical (unpaired) electrons. The molecule has 72 valence electrons. The Bertz CT molecular complexity index is 278. The van der Waals surface area contributed by atoms with Gasteiger partial charge >= 0.3 is 0 Å². The van der Waals surface area contributed by atoms with Gasteiger partial charge in [-0.25, -0.2) is 4.39 Å². The molecule has 0 aromatic heterocycles. The molecule has 0 aliphatic carbocycles. The van der Waals surface area contributed by atoms with Gasteiger partial charge < -0.3 is 4.74 Å². The van der Waals surface area contributed by atoms with Crippen molar-refractivity contribution in [2.75, 3.05) is 13.3 Å². The molecule has 13 heavy (non-hydrogen) atoms. The van der Waals surface area contributed by atoms with Gasteiger partial charge in [0, 0.05) is 12.5 Å². The molecule has 4 heteroatoms. The summed E-state index contributed by atoms with van der Waals surface area (Å²) in [6.45, 7) is -0.142. The summed E-state index contributed by atoms with van der Waals surface area (Å²) in [6.07, 6.45) is 0.331. The van der Waals surface area contributed by atoms with E-state index < -0.39 is 6.67 Å². The van der Waals surface area contributed by atoms with Gasteiger partial charge in [0.2, 0.25) is 0 Å². The van der Waals surface area contributed by atoms with Crippen molar-refractivity contribution >= 4 is 15.9 Å². The zero-order chi connectivity index (χ0) is 9.68. The highest BCUT2D eigenvalue weighted by atomic mass is 79.9. The van der Waals surface area contributed by atoms with Gasteiger partial charge in [0.25, 0.3) is 0 Å². The molecule has 0 fully saturated rings. The Balaban J connectivity index is 2.53. The van der Waals surface area contributed by atoms with Gasteiger partial charge in [-0.2, -0.15) is 0 Å². The molecule has 1 aromatic carbocycles. The number of hydrogen-bond acceptors (Lipinski definition) is 1. The number of hydrogen-bond donors (Lipinski definition) is 0. The Morgan fingerprint density at radius 3 is 2.77 bits per heavy atom. The molecule has 0 saturated carbocycles. The van der Waals surface area contributed by atoms with Gasteiger partial charge in [-0.15, -0.1) is 0 Å². The molecule has 0 aliphatic heterocycles. The molecule has 1 rings (SSSR count). The Morgan fingerprint density at radius 1 is 1.38 bits per heavy atom. The molecule has 0 amide bonds. The molecule has 0 spiro atoms. The first-order valence-corrected chi connectivity index (χ1v) is 4.67. The topological polar surface area (TPSA) is 9.23 Å². The highest BCUT2D eigenvalue weighted by Gasteiger charge is 2.00. The van der Waals surface area contributed by atoms with Crippen molar-refractivity contribution < 1.29 is 13.5 Å². The zero-order valence-corrected chi connectivity index (χ0v) is 8.48. The van der Waals surface area contributed by atoms with Gasteiger partial charge in [-0.05, 0) is 28.1 Å². The first-order valence-electron chi connectivity index (χ1n) is 3.88. The molecule has 0 unspecified atom stereocenters. The number of alkyl halides is 1. The summed E-state index contributed by atoms with van der Waals surface area (Å²) < 4.78 is 30.0. The largest absolute Gasteiger partial charge is 0.493 e. The predicted molar refractivity (Wildman–Crippen MR) is 50.2 cm³/mol. The van der Waals surface area contributed by atoms with Crippen molar-refractivity contribution in [1.82, 2.24) is 0 Å². The maximum atomic E-state index is 12.9. The maximum absolute atomic E-state index is 12.9. The minimum absolute atomic E-state index is 0.275. The van der Waals surface area contributed by atoms with Crippen molar-refractivity contribution in [2.45, 2.75) is 6.42 Å². The van der Waals surface area contributed by atoms with Crippen LogP contribution in [0.3, 0.4) is 0 Å². The third-order valence-corrected chi connectivity index (χ3v) is 2.08. The maximum Gasteiger partial charge on any atom is 0.141 e. The predicted octanol–water partition coefficient (Wildman–Crippen LogP) is 3.33. The third-order valence-electron chi connectivity index (χ3n) is 1.44. The van der Waals surface area contributed by atoms with Crippen molar-refractivity contribution in [3.8, 4) is 5.75 Å². The molecule has 0 bridgehead atoms. The molecule has 0 atom stereocenters. The van der Waals surface area contributed by atoms with E-state index in [-0.39, 0.29) is 12.4 Å². The third kappa shape index (κ3) is 3.30. The number of benzene rings is 1. The summed E-state index contributed by atoms with van der Waals surface area (Å²) in [5, 5.41) is 0. The van der Waals surface area contributed by atoms with Crippen molar-refractivity contribution in [3.05, 3.63) is 28.5 Å². The fraction of sp³-hybridized carbons (Fsp3) is 0.333. The Hall–Kier alpha value is -0.640. The van der Waals surface area contributed by atoms with Crippen LogP contribution >= 0.6 is 15.9 Å². The summed E-state index contributed by atoms with van der Waals surface area (Å²) in [5.74, 6) is 0.0481. The van der Waals surface area contributed by atoms with Crippen LogP contribution in [0, 0.1) is 5.82 Å². The van der Waals surface area contributed by atoms with Gasteiger partial charge in [-0.3, -0.25) is 4.39 Å². The number of rotatable bonds is 4. The minimum Gasteiger partial charge on any atom is -0.493 e. The van der Waals surface area contributed by atoms with Gasteiger partial charge in [0.15, 0.2) is 0 Å². The second-order valence-corrected chi connectivity index (χ2v) is 3.32. The Morgan fingerprint density at radius 2 is 2.15 bits per heavy atom. The van der Waals surface area contributed by atoms with Crippen LogP contribution in [0.25, 0.3) is 0 Å². The summed E-state index contributed by atoms with van der Waals surface area (Å²) >= 11 is 3.02. The lowest BCUT2D eigenvalue weighted by molar-refractivity contribution is 0.288. The van der Waals surface area contributed by atoms with Crippen LogP contribution in [-0.4, -0.2) is 13.3 Å². The fourth-order valence-corrected chi connectivity index (χ4v) is 1.06. The van der Waals surface area contributed by atoms with Crippen molar-refractivity contribution in [2.24, 2.45) is 0 Å². The molecular formula is C9H9BrF2O. The van der Waals surface area contributed by atoms with Crippen LogP contribution in [0.5, 0.6) is 5.75 Å². The van der Waals surface area contributed by atoms with Crippen LogP contribution in [0.15, 0.2) is 22.7 Å². The normalized spacial score (nSPS) is 10.1. The standard InChI is InChI=1S/C9H9BrF2O/c10-8-3-2-7(6-9(8)12)13-5-1-4-11/h2-3,6H,1,4-5H2. The SMILES string of the molecule is FCCCOc1ccc(Br)c(F)c1. The lowest BCUT2D eigenvalue weighted by atomic mass is 10.3. The summed E-state index contributed by atoms with van der Waals surface area (Å²) in [4.78, 5) is 0. The fourth-order valence-electron chi connectivity index (χ4n) is 0.811. The molecular weight excluding hydrogens is 242 g/mol. The zero-order valence-electron chi connectivity index (χ0n) is 6.90. The van der Waals surface area contributed by atoms with Crippen LogP contribution < -0.4 is 4.74 Å². The van der Waals surface area contributed by atoms with E-state index in [2.05, 4.69) is 15.9 Å². The van der Waals surface area contributed by atoms with Crippen LogP contribution in [0.1, 0.15) is 6.42 Å². The average molecular weight is 251 g/mol. The Labute approximate surface area is 83.8 Å². The quantitative estimate of drug-likeness (QED) is 0.746. The van der Waals surface area contributed by atoms with Crippen LogP contribution in [0.2, 0.25) is 0 Å². The van der Waals surface area contributed by atoms with Crippen LogP contribution in [-0.2, 0) is 0 Å². The van der Waals surface area contributed by atoms with E-state index in [9.17, 15) is 8.78 Å². The van der Waals surface area contributed by atoms with E-state index in [1.807, 2.05) is 0 Å². The highest BCUT2D eigenvalue weighted by molar-refractivity contribution is 9.10. The second kappa shape index (κ2) is 5.17. The second-order valence-electron chi connectivity index (χ2n) is 2.47. The lowest BCUT2D eigenvalue weighted by Crippen LogP contribution is -1.98. The monoisotopic (exact) mass is 250 g/mol. The van der Waals surface area contributed by atoms with E-state index in [1.54, 1.807) is 12.1 Å². The molecule has 0 saturated heterocycles. The molecule has 1 nitrogen and oxygen atoms in total. The lowest BCUT2D eigenvalue weighted by Gasteiger charge is -2.04.